The number of alkyl halides is 7. The molecule has 0 amide bonds. The summed E-state index contributed by atoms with van der Waals surface area (Å²) in [6.07, 6.45) is 0. The van der Waals surface area contributed by atoms with E-state index in [4.69, 9.17) is 81.2 Å². The van der Waals surface area contributed by atoms with Gasteiger partial charge in [0.1, 0.15) is 5.78 Å². The number of halogens is 7. The summed E-state index contributed by atoms with van der Waals surface area (Å²) in [4.78, 5) is 9.44. The lowest BCUT2D eigenvalue weighted by Gasteiger charge is -1.91. The van der Waals surface area contributed by atoms with Crippen LogP contribution in [0, 0.1) is 0 Å². The van der Waals surface area contributed by atoms with Gasteiger partial charge < -0.3 is 4.79 Å². The summed E-state index contributed by atoms with van der Waals surface area (Å²) < 4.78 is -2.36. The van der Waals surface area contributed by atoms with Crippen LogP contribution in [0.15, 0.2) is 0 Å². The maximum absolute atomic E-state index is 9.44. The normalized spacial score (nSPS) is 9.38. The van der Waals surface area contributed by atoms with E-state index in [1.807, 2.05) is 0 Å². The van der Waals surface area contributed by atoms with Crippen LogP contribution in [0.3, 0.4) is 0 Å². The van der Waals surface area contributed by atoms with E-state index < -0.39 is 7.55 Å². The van der Waals surface area contributed by atoms with Crippen LogP contribution < -0.4 is 0 Å². The van der Waals surface area contributed by atoms with Gasteiger partial charge >= 0.3 is 0 Å². The van der Waals surface area contributed by atoms with Crippen LogP contribution in [0.25, 0.3) is 0 Å². The third-order valence-corrected chi connectivity index (χ3v) is 0. The summed E-state index contributed by atoms with van der Waals surface area (Å²) in [5, 5.41) is 0. The van der Waals surface area contributed by atoms with Crippen LogP contribution in [0.2, 0.25) is 0 Å². The molecule has 0 atom stereocenters. The predicted octanol–water partition coefficient (Wildman–Crippen LogP) is 5.13. The molecule has 0 aromatic carbocycles. The number of hydrogen-bond acceptors (Lipinski definition) is 1. The van der Waals surface area contributed by atoms with Gasteiger partial charge in [0, 0.05) is 0 Å². The molecule has 82 valence electrons. The first kappa shape index (κ1) is 20.2. The van der Waals surface area contributed by atoms with Crippen LogP contribution >= 0.6 is 81.2 Å². The van der Waals surface area contributed by atoms with E-state index in [0.717, 1.165) is 0 Å². The van der Waals surface area contributed by atoms with E-state index in [1.165, 1.54) is 13.8 Å². The molecule has 0 aliphatic carbocycles. The highest BCUT2D eigenvalue weighted by Crippen LogP contribution is 2.29. The van der Waals surface area contributed by atoms with Crippen molar-refractivity contribution in [1.82, 2.24) is 0 Å². The Bertz CT molecular complexity index is 106. The van der Waals surface area contributed by atoms with Gasteiger partial charge in [0.2, 0.25) is 0 Å². The summed E-state index contributed by atoms with van der Waals surface area (Å²) in [6.45, 7) is 3.06. The Morgan fingerprint density at radius 2 is 1.00 bits per heavy atom. The Morgan fingerprint density at radius 3 is 1.00 bits per heavy atom. The minimum absolute atomic E-state index is 0.167. The van der Waals surface area contributed by atoms with Gasteiger partial charge in [-0.3, -0.25) is 0 Å². The minimum atomic E-state index is -1.61. The molecule has 0 aromatic rings. The molecule has 0 bridgehead atoms. The predicted molar refractivity (Wildman–Crippen MR) is 63.8 cm³/mol. The molecule has 0 saturated carbocycles. The highest BCUT2D eigenvalue weighted by Gasteiger charge is 2.11. The van der Waals surface area contributed by atoms with E-state index in [0.29, 0.717) is 0 Å². The molecule has 0 N–H and O–H groups in total. The first-order valence-corrected chi connectivity index (χ1v) is 5.44. The third kappa shape index (κ3) is 649. The van der Waals surface area contributed by atoms with Crippen LogP contribution in [0.5, 0.6) is 0 Å². The van der Waals surface area contributed by atoms with E-state index in [-0.39, 0.29) is 5.78 Å². The van der Waals surface area contributed by atoms with Crippen LogP contribution in [-0.2, 0) is 4.79 Å². The smallest absolute Gasteiger partial charge is 0.266 e. The molecule has 0 aliphatic rings. The Kier molecular flexibility index (Phi) is 18.3. The average molecular weight is 331 g/mol. The SMILES string of the molecule is CC(C)=O.ClC(Cl)(Cl)Cl.ClC(Cl)Cl. The third-order valence-electron chi connectivity index (χ3n) is 0. The number of hydrogen-bond donors (Lipinski definition) is 0. The summed E-state index contributed by atoms with van der Waals surface area (Å²) in [6, 6.07) is 0. The molecule has 8 heteroatoms. The molecular weight excluding hydrogens is 324 g/mol. The van der Waals surface area contributed by atoms with Crippen LogP contribution in [0.1, 0.15) is 13.8 Å². The number of carbonyl (C=O) groups is 1. The zero-order valence-corrected chi connectivity index (χ0v) is 11.9. The number of rotatable bonds is 0. The van der Waals surface area contributed by atoms with Crippen molar-refractivity contribution in [3.05, 3.63) is 0 Å². The zero-order chi connectivity index (χ0) is 11.7. The quantitative estimate of drug-likeness (QED) is 0.562. The van der Waals surface area contributed by atoms with Crippen molar-refractivity contribution in [2.24, 2.45) is 0 Å². The Morgan fingerprint density at radius 1 is 1.00 bits per heavy atom. The largest absolute Gasteiger partial charge is 0.300 e. The number of Topliss-reactive ketones (excluding diaryl/α,β-unsaturated/α-hetero) is 1. The lowest BCUT2D eigenvalue weighted by Crippen LogP contribution is -1.81. The first-order chi connectivity index (χ1) is 5.46. The summed E-state index contributed by atoms with van der Waals surface area (Å²) in [5.41, 5.74) is 0. The van der Waals surface area contributed by atoms with Crippen molar-refractivity contribution in [2.45, 2.75) is 21.4 Å². The molecule has 13 heavy (non-hydrogen) atoms. The fourth-order valence-corrected chi connectivity index (χ4v) is 0. The van der Waals surface area contributed by atoms with E-state index >= 15 is 0 Å². The summed E-state index contributed by atoms with van der Waals surface area (Å²) in [5.74, 6) is 0.167. The molecule has 0 aromatic heterocycles. The lowest BCUT2D eigenvalue weighted by atomic mass is 10.6. The van der Waals surface area contributed by atoms with Crippen molar-refractivity contribution < 1.29 is 4.79 Å². The maximum atomic E-state index is 9.44. The van der Waals surface area contributed by atoms with Gasteiger partial charge in [0.25, 0.3) is 3.25 Å². The standard InChI is InChI=1S/C3H6O.CCl4.CHCl3/c1-3(2)4;2-1(3,4)5;2-1(3)4/h1-2H3;;1H. The van der Waals surface area contributed by atoms with Gasteiger partial charge in [-0.05, 0) is 13.8 Å². The molecular formula is C5H7Cl7O. The van der Waals surface area contributed by atoms with Crippen LogP contribution in [-0.4, -0.2) is 13.3 Å². The van der Waals surface area contributed by atoms with Crippen molar-refractivity contribution in [3.8, 4) is 0 Å². The van der Waals surface area contributed by atoms with Gasteiger partial charge in [-0.1, -0.05) is 81.2 Å². The molecule has 1 nitrogen and oxygen atoms in total. The monoisotopic (exact) mass is 328 g/mol. The highest BCUT2D eigenvalue weighted by atomic mass is 35.6. The van der Waals surface area contributed by atoms with E-state index in [1.54, 1.807) is 0 Å². The van der Waals surface area contributed by atoms with E-state index in [2.05, 4.69) is 0 Å². The molecule has 0 aliphatic heterocycles. The Hall–Kier alpha value is 1.70. The molecule has 0 rings (SSSR count). The Labute approximate surface area is 112 Å². The molecule has 0 heterocycles. The summed E-state index contributed by atoms with van der Waals surface area (Å²) in [7, 11) is 0. The van der Waals surface area contributed by atoms with E-state index in [9.17, 15) is 4.79 Å². The summed E-state index contributed by atoms with van der Waals surface area (Å²) >= 11 is 33.7. The molecule has 0 fully saturated rings. The highest BCUT2D eigenvalue weighted by molar-refractivity contribution is 6.83. The average Bonchev–Trinajstić information content (AvgIpc) is 1.50. The molecule has 0 radical (unpaired) electrons. The lowest BCUT2D eigenvalue weighted by molar-refractivity contribution is -0.114. The molecule has 0 saturated heterocycles. The topological polar surface area (TPSA) is 17.1 Å². The zero-order valence-electron chi connectivity index (χ0n) is 6.63. The first-order valence-electron chi connectivity index (χ1n) is 2.61. The second kappa shape index (κ2) is 11.8. The molecule has 0 spiro atoms. The van der Waals surface area contributed by atoms with Gasteiger partial charge in [-0.2, -0.15) is 0 Å². The van der Waals surface area contributed by atoms with Gasteiger partial charge in [0.15, 0.2) is 4.30 Å². The number of carbonyl (C=O) groups excluding carboxylic acids is 1. The van der Waals surface area contributed by atoms with Gasteiger partial charge in [-0.25, -0.2) is 0 Å². The van der Waals surface area contributed by atoms with Gasteiger partial charge in [0.05, 0.1) is 0 Å². The second-order valence-electron chi connectivity index (χ2n) is 1.58. The van der Waals surface area contributed by atoms with Crippen molar-refractivity contribution in [3.63, 3.8) is 0 Å². The fourth-order valence-electron chi connectivity index (χ4n) is 0. The Balaban J connectivity index is -0.000000117. The maximum Gasteiger partial charge on any atom is 0.266 e. The molecule has 0 unspecified atom stereocenters. The second-order valence-corrected chi connectivity index (χ2v) is 6.99. The van der Waals surface area contributed by atoms with Crippen molar-refractivity contribution in [1.29, 1.82) is 0 Å². The van der Waals surface area contributed by atoms with Gasteiger partial charge in [-0.15, -0.1) is 0 Å². The number of ketones is 1. The van der Waals surface area contributed by atoms with Crippen molar-refractivity contribution >= 4 is 87.0 Å². The fraction of sp³-hybridized carbons (Fsp3) is 0.800. The van der Waals surface area contributed by atoms with Crippen molar-refractivity contribution in [2.75, 3.05) is 0 Å². The minimum Gasteiger partial charge on any atom is -0.300 e. The van der Waals surface area contributed by atoms with Crippen LogP contribution in [0.4, 0.5) is 0 Å².